The number of para-hydroxylation sites is 2. The Bertz CT molecular complexity index is 1210. The maximum atomic E-state index is 12.3. The van der Waals surface area contributed by atoms with E-state index in [0.29, 0.717) is 10.9 Å². The van der Waals surface area contributed by atoms with Crippen LogP contribution in [0.25, 0.3) is 15.9 Å². The molecule has 0 aliphatic carbocycles. The third-order valence-electron chi connectivity index (χ3n) is 4.43. The first-order chi connectivity index (χ1) is 15.5. The number of hydrogen-bond acceptors (Lipinski definition) is 8. The highest BCUT2D eigenvalue weighted by atomic mass is 32.2. The molecule has 1 atom stereocenters. The molecule has 0 aliphatic rings. The Morgan fingerprint density at radius 2 is 1.84 bits per heavy atom. The highest BCUT2D eigenvalue weighted by Crippen LogP contribution is 2.33. The molecule has 4 rings (SSSR count). The topological polar surface area (TPSA) is 102 Å². The number of carbonyl (C=O) groups is 2. The molecule has 0 fully saturated rings. The number of thioether (sulfide) groups is 2. The number of rotatable bonds is 7. The minimum absolute atomic E-state index is 0.401. The number of nitrogens with one attached hydrogen (secondary N) is 2. The lowest BCUT2D eigenvalue weighted by molar-refractivity contribution is -0.119. The molecule has 0 spiro atoms. The van der Waals surface area contributed by atoms with Crippen molar-refractivity contribution >= 4 is 57.0 Å². The van der Waals surface area contributed by atoms with Crippen molar-refractivity contribution in [3.63, 3.8) is 0 Å². The van der Waals surface area contributed by atoms with Crippen molar-refractivity contribution in [3.8, 4) is 5.69 Å². The second-order valence-electron chi connectivity index (χ2n) is 6.63. The molecule has 11 heteroatoms. The summed E-state index contributed by atoms with van der Waals surface area (Å²) in [6.45, 7) is 1.72. The van der Waals surface area contributed by atoms with E-state index < -0.39 is 17.2 Å². The third kappa shape index (κ3) is 5.12. The van der Waals surface area contributed by atoms with Crippen molar-refractivity contribution in [1.29, 1.82) is 0 Å². The Morgan fingerprint density at radius 3 is 2.59 bits per heavy atom. The predicted molar refractivity (Wildman–Crippen MR) is 128 cm³/mol. The van der Waals surface area contributed by atoms with Crippen LogP contribution in [0, 0.1) is 0 Å². The summed E-state index contributed by atoms with van der Waals surface area (Å²) < 4.78 is 4.04. The number of amides is 3. The third-order valence-corrected chi connectivity index (χ3v) is 7.65. The molecule has 0 saturated carbocycles. The summed E-state index contributed by atoms with van der Waals surface area (Å²) in [6, 6.07) is 17.3. The van der Waals surface area contributed by atoms with E-state index in [0.717, 1.165) is 26.1 Å². The molecule has 32 heavy (non-hydrogen) atoms. The molecule has 0 bridgehead atoms. The van der Waals surface area contributed by atoms with Crippen LogP contribution in [0.4, 0.5) is 4.79 Å². The van der Waals surface area contributed by atoms with E-state index in [-0.39, 0.29) is 0 Å². The SMILES string of the molecule is CNC(=O)NC(=O)C(C)Sc1nnc(CSc2nc3ccccc3s2)n1-c1ccccc1. The Balaban J connectivity index is 1.56. The molecule has 2 N–H and O–H groups in total. The Morgan fingerprint density at radius 1 is 1.09 bits per heavy atom. The fourth-order valence-corrected chi connectivity index (χ4v) is 5.70. The van der Waals surface area contributed by atoms with E-state index in [1.165, 1.54) is 18.8 Å². The molecule has 2 aromatic heterocycles. The van der Waals surface area contributed by atoms with Gasteiger partial charge in [-0.3, -0.25) is 14.7 Å². The van der Waals surface area contributed by atoms with Crippen molar-refractivity contribution in [3.05, 3.63) is 60.4 Å². The zero-order valence-corrected chi connectivity index (χ0v) is 19.8. The van der Waals surface area contributed by atoms with Gasteiger partial charge in [-0.05, 0) is 31.2 Å². The van der Waals surface area contributed by atoms with Crippen molar-refractivity contribution < 1.29 is 9.59 Å². The van der Waals surface area contributed by atoms with E-state index >= 15 is 0 Å². The zero-order valence-electron chi connectivity index (χ0n) is 17.3. The summed E-state index contributed by atoms with van der Waals surface area (Å²) in [7, 11) is 1.46. The summed E-state index contributed by atoms with van der Waals surface area (Å²) in [5, 5.41) is 13.4. The quantitative estimate of drug-likeness (QED) is 0.381. The summed E-state index contributed by atoms with van der Waals surface area (Å²) in [4.78, 5) is 28.4. The standard InChI is InChI=1S/C21H20N6O2S3/c1-13(18(28)24-19(29)22-2)31-20-26-25-17(27(20)14-8-4-3-5-9-14)12-30-21-23-15-10-6-7-11-16(15)32-21/h3-11,13H,12H2,1-2H3,(H2,22,24,28,29). The maximum absolute atomic E-state index is 12.3. The van der Waals surface area contributed by atoms with E-state index in [2.05, 4.69) is 31.9 Å². The molecular weight excluding hydrogens is 464 g/mol. The van der Waals surface area contributed by atoms with Crippen LogP contribution in [0.5, 0.6) is 0 Å². The van der Waals surface area contributed by atoms with E-state index in [1.54, 1.807) is 30.0 Å². The first kappa shape index (κ1) is 22.3. The van der Waals surface area contributed by atoms with Gasteiger partial charge in [0, 0.05) is 12.7 Å². The Kier molecular flexibility index (Phi) is 7.08. The second-order valence-corrected chi connectivity index (χ2v) is 10.2. The van der Waals surface area contributed by atoms with Gasteiger partial charge in [0.05, 0.1) is 21.2 Å². The normalized spacial score (nSPS) is 11.9. The van der Waals surface area contributed by atoms with E-state index in [1.807, 2.05) is 53.1 Å². The smallest absolute Gasteiger partial charge is 0.321 e. The van der Waals surface area contributed by atoms with Crippen molar-refractivity contribution in [1.82, 2.24) is 30.4 Å². The summed E-state index contributed by atoms with van der Waals surface area (Å²) >= 11 is 4.49. The molecule has 0 aliphatic heterocycles. The molecular formula is C21H20N6O2S3. The van der Waals surface area contributed by atoms with Crippen LogP contribution in [0.2, 0.25) is 0 Å². The first-order valence-corrected chi connectivity index (χ1v) is 12.4. The molecule has 4 aromatic rings. The molecule has 0 radical (unpaired) electrons. The van der Waals surface area contributed by atoms with Gasteiger partial charge in [-0.1, -0.05) is 53.9 Å². The van der Waals surface area contributed by atoms with Crippen molar-refractivity contribution in [2.75, 3.05) is 7.05 Å². The lowest BCUT2D eigenvalue weighted by Gasteiger charge is -2.13. The Hall–Kier alpha value is -2.89. The lowest BCUT2D eigenvalue weighted by Crippen LogP contribution is -2.41. The number of carbonyl (C=O) groups excluding carboxylic acids is 2. The predicted octanol–water partition coefficient (Wildman–Crippen LogP) is 4.11. The minimum atomic E-state index is -0.542. The number of urea groups is 1. The van der Waals surface area contributed by atoms with E-state index in [9.17, 15) is 9.59 Å². The largest absolute Gasteiger partial charge is 0.341 e. The highest BCUT2D eigenvalue weighted by Gasteiger charge is 2.22. The van der Waals surface area contributed by atoms with Gasteiger partial charge in [0.2, 0.25) is 5.91 Å². The molecule has 2 aromatic carbocycles. The minimum Gasteiger partial charge on any atom is -0.341 e. The van der Waals surface area contributed by atoms with Gasteiger partial charge >= 0.3 is 6.03 Å². The van der Waals surface area contributed by atoms with Crippen LogP contribution in [0.1, 0.15) is 12.7 Å². The number of aromatic nitrogens is 4. The van der Waals surface area contributed by atoms with Crippen LogP contribution >= 0.6 is 34.9 Å². The molecule has 0 saturated heterocycles. The maximum Gasteiger partial charge on any atom is 0.321 e. The van der Waals surface area contributed by atoms with Crippen LogP contribution in [0.3, 0.4) is 0 Å². The molecule has 8 nitrogen and oxygen atoms in total. The summed E-state index contributed by atoms with van der Waals surface area (Å²) in [6.07, 6.45) is 0. The van der Waals surface area contributed by atoms with Crippen LogP contribution in [-0.2, 0) is 10.5 Å². The number of fused-ring (bicyclic) bond motifs is 1. The van der Waals surface area contributed by atoms with Gasteiger partial charge in [-0.15, -0.1) is 21.5 Å². The average Bonchev–Trinajstić information content (AvgIpc) is 3.41. The molecule has 3 amide bonds. The average molecular weight is 485 g/mol. The molecule has 164 valence electrons. The van der Waals surface area contributed by atoms with Gasteiger partial charge in [0.1, 0.15) is 5.82 Å². The fraction of sp³-hybridized carbons (Fsp3) is 0.190. The highest BCUT2D eigenvalue weighted by molar-refractivity contribution is 8.00. The van der Waals surface area contributed by atoms with Crippen LogP contribution < -0.4 is 10.6 Å². The van der Waals surface area contributed by atoms with Gasteiger partial charge < -0.3 is 5.32 Å². The second kappa shape index (κ2) is 10.2. The molecule has 1 unspecified atom stereocenters. The summed E-state index contributed by atoms with van der Waals surface area (Å²) in [5.41, 5.74) is 1.88. The molecule has 2 heterocycles. The first-order valence-electron chi connectivity index (χ1n) is 9.72. The van der Waals surface area contributed by atoms with Gasteiger partial charge in [0.15, 0.2) is 9.50 Å². The monoisotopic (exact) mass is 484 g/mol. The van der Waals surface area contributed by atoms with Gasteiger partial charge in [-0.2, -0.15) is 0 Å². The zero-order chi connectivity index (χ0) is 22.5. The van der Waals surface area contributed by atoms with E-state index in [4.69, 9.17) is 0 Å². The van der Waals surface area contributed by atoms with Crippen LogP contribution in [0.15, 0.2) is 64.1 Å². The van der Waals surface area contributed by atoms with Gasteiger partial charge in [-0.25, -0.2) is 9.78 Å². The number of thiazole rings is 1. The number of imide groups is 1. The number of hydrogen-bond donors (Lipinski definition) is 2. The number of nitrogens with zero attached hydrogens (tertiary/aromatic N) is 4. The lowest BCUT2D eigenvalue weighted by atomic mass is 10.3. The van der Waals surface area contributed by atoms with Gasteiger partial charge in [0.25, 0.3) is 0 Å². The van der Waals surface area contributed by atoms with Crippen molar-refractivity contribution in [2.45, 2.75) is 27.4 Å². The van der Waals surface area contributed by atoms with Crippen LogP contribution in [-0.4, -0.2) is 44.0 Å². The van der Waals surface area contributed by atoms with Crippen molar-refractivity contribution in [2.24, 2.45) is 0 Å². The Labute approximate surface area is 197 Å². The summed E-state index contributed by atoms with van der Waals surface area (Å²) in [5.74, 6) is 0.922. The number of benzene rings is 2. The fourth-order valence-electron chi connectivity index (χ4n) is 2.83.